The maximum Gasteiger partial charge on any atom is 0.159 e. The molecule has 0 saturated carbocycles. The van der Waals surface area contributed by atoms with Crippen molar-refractivity contribution in [2.24, 2.45) is 5.92 Å². The van der Waals surface area contributed by atoms with Crippen LogP contribution in [0.3, 0.4) is 0 Å². The lowest BCUT2D eigenvalue weighted by atomic mass is 9.76. The van der Waals surface area contributed by atoms with Crippen LogP contribution in [0.2, 0.25) is 0 Å². The number of rotatable bonds is 3. The Balaban J connectivity index is 1.49. The van der Waals surface area contributed by atoms with Crippen molar-refractivity contribution in [1.29, 1.82) is 0 Å². The van der Waals surface area contributed by atoms with Crippen LogP contribution < -0.4 is 5.32 Å². The number of ketones is 1. The molecule has 0 amide bonds. The Morgan fingerprint density at radius 3 is 2.71 bits per heavy atom. The third-order valence-electron chi connectivity index (χ3n) is 7.24. The summed E-state index contributed by atoms with van der Waals surface area (Å²) >= 11 is 0. The van der Waals surface area contributed by atoms with Crippen molar-refractivity contribution < 1.29 is 4.79 Å². The van der Waals surface area contributed by atoms with Gasteiger partial charge in [0.15, 0.2) is 5.78 Å². The number of fused-ring (bicyclic) bond motifs is 6. The average molecular weight is 407 g/mol. The molecule has 0 saturated heterocycles. The summed E-state index contributed by atoms with van der Waals surface area (Å²) in [6.45, 7) is 4.82. The number of nitrogens with one attached hydrogen (secondary N) is 1. The lowest BCUT2D eigenvalue weighted by molar-refractivity contribution is 0.101. The van der Waals surface area contributed by atoms with E-state index >= 15 is 0 Å². The van der Waals surface area contributed by atoms with Gasteiger partial charge >= 0.3 is 0 Å². The molecule has 2 heterocycles. The van der Waals surface area contributed by atoms with E-state index in [-0.39, 0.29) is 11.8 Å². The van der Waals surface area contributed by atoms with Gasteiger partial charge in [0.25, 0.3) is 0 Å². The fourth-order valence-corrected chi connectivity index (χ4v) is 5.75. The summed E-state index contributed by atoms with van der Waals surface area (Å²) < 4.78 is 2.40. The van der Waals surface area contributed by atoms with Gasteiger partial charge in [-0.05, 0) is 73.7 Å². The molecule has 1 aliphatic heterocycles. The lowest BCUT2D eigenvalue weighted by Gasteiger charge is -2.37. The summed E-state index contributed by atoms with van der Waals surface area (Å²) in [5.41, 5.74) is 7.15. The van der Waals surface area contributed by atoms with Gasteiger partial charge in [-0.25, -0.2) is 0 Å². The van der Waals surface area contributed by atoms with E-state index in [4.69, 9.17) is 0 Å². The molecule has 1 aromatic heterocycles. The van der Waals surface area contributed by atoms with Crippen LogP contribution in [0.4, 0.5) is 5.69 Å². The van der Waals surface area contributed by atoms with Gasteiger partial charge in [-0.1, -0.05) is 36.4 Å². The number of carbonyl (C=O) groups is 1. The first-order chi connectivity index (χ1) is 15.2. The first-order valence-corrected chi connectivity index (χ1v) is 11.2. The zero-order valence-electron chi connectivity index (χ0n) is 17.9. The van der Waals surface area contributed by atoms with Gasteiger partial charge < -0.3 is 9.88 Å². The third-order valence-corrected chi connectivity index (χ3v) is 7.24. The first-order valence-electron chi connectivity index (χ1n) is 11.2. The molecule has 3 nitrogen and oxygen atoms in total. The minimum Gasteiger partial charge on any atom is -0.378 e. The van der Waals surface area contributed by atoms with E-state index in [0.29, 0.717) is 11.8 Å². The predicted molar refractivity (Wildman–Crippen MR) is 128 cm³/mol. The van der Waals surface area contributed by atoms with Crippen LogP contribution in [0.5, 0.6) is 0 Å². The Labute approximate surface area is 182 Å². The zero-order chi connectivity index (χ0) is 21.1. The molecule has 6 rings (SSSR count). The molecule has 0 radical (unpaired) electrons. The number of benzene rings is 3. The van der Waals surface area contributed by atoms with Gasteiger partial charge in [0.1, 0.15) is 0 Å². The molecule has 4 aromatic rings. The van der Waals surface area contributed by atoms with E-state index in [9.17, 15) is 4.79 Å². The summed E-state index contributed by atoms with van der Waals surface area (Å²) in [6, 6.07) is 22.1. The van der Waals surface area contributed by atoms with E-state index in [1.54, 1.807) is 6.92 Å². The van der Waals surface area contributed by atoms with E-state index < -0.39 is 0 Å². The molecule has 1 N–H and O–H groups in total. The molecule has 31 heavy (non-hydrogen) atoms. The molecule has 2 aliphatic rings. The Kier molecular flexibility index (Phi) is 4.07. The third kappa shape index (κ3) is 2.69. The van der Waals surface area contributed by atoms with Crippen LogP contribution >= 0.6 is 0 Å². The SMILES string of the molecule is CCn1c2ccccc2c2cc(C3Nc4ccc(C(C)=O)cc4C4C=CCC43)ccc21. The highest BCUT2D eigenvalue weighted by Gasteiger charge is 2.38. The van der Waals surface area contributed by atoms with Crippen molar-refractivity contribution in [2.75, 3.05) is 5.32 Å². The molecule has 3 heteroatoms. The highest BCUT2D eigenvalue weighted by molar-refractivity contribution is 6.08. The van der Waals surface area contributed by atoms with Crippen LogP contribution in [0.1, 0.15) is 53.7 Å². The molecule has 0 fully saturated rings. The molecule has 0 bridgehead atoms. The number of para-hydroxylation sites is 1. The summed E-state index contributed by atoms with van der Waals surface area (Å²) in [6.07, 6.45) is 5.70. The molecule has 0 spiro atoms. The van der Waals surface area contributed by atoms with E-state index in [1.165, 1.54) is 32.9 Å². The van der Waals surface area contributed by atoms with E-state index in [1.807, 2.05) is 6.07 Å². The monoisotopic (exact) mass is 406 g/mol. The maximum atomic E-state index is 11.9. The molecule has 3 aromatic carbocycles. The number of allylic oxidation sites excluding steroid dienone is 2. The standard InChI is InChI=1S/C28H26N2O/c1-3-30-26-10-5-4-7-21(26)24-16-19(12-14-27(24)30)28-22-9-6-8-20(22)23-15-18(17(2)31)11-13-25(23)29-28/h4-8,10-16,20,22,28-29H,3,9H2,1-2H3. The second-order valence-corrected chi connectivity index (χ2v) is 8.87. The first kappa shape index (κ1) is 18.4. The summed E-state index contributed by atoms with van der Waals surface area (Å²) in [4.78, 5) is 11.9. The number of carbonyl (C=O) groups excluding carboxylic acids is 1. The number of Topliss-reactive ketones (excluding diaryl/α,β-unsaturated/α-hetero) is 1. The fourth-order valence-electron chi connectivity index (χ4n) is 5.75. The van der Waals surface area contributed by atoms with Gasteiger partial charge in [-0.15, -0.1) is 0 Å². The van der Waals surface area contributed by atoms with Crippen molar-refractivity contribution in [1.82, 2.24) is 4.57 Å². The van der Waals surface area contributed by atoms with Crippen LogP contribution in [0.25, 0.3) is 21.8 Å². The van der Waals surface area contributed by atoms with Gasteiger partial charge in [0, 0.05) is 45.5 Å². The Bertz CT molecular complexity index is 1380. The quantitative estimate of drug-likeness (QED) is 0.298. The van der Waals surface area contributed by atoms with Gasteiger partial charge in [0.2, 0.25) is 0 Å². The van der Waals surface area contributed by atoms with Crippen LogP contribution in [-0.4, -0.2) is 10.4 Å². The molecule has 1 aliphatic carbocycles. The average Bonchev–Trinajstić information content (AvgIpc) is 3.41. The van der Waals surface area contributed by atoms with Crippen molar-refractivity contribution in [3.63, 3.8) is 0 Å². The molecule has 3 atom stereocenters. The van der Waals surface area contributed by atoms with Crippen molar-refractivity contribution in [3.8, 4) is 0 Å². The van der Waals surface area contributed by atoms with Crippen molar-refractivity contribution in [2.45, 2.75) is 38.8 Å². The number of hydrogen-bond donors (Lipinski definition) is 1. The second kappa shape index (κ2) is 6.84. The summed E-state index contributed by atoms with van der Waals surface area (Å²) in [5.74, 6) is 0.945. The smallest absolute Gasteiger partial charge is 0.159 e. The lowest BCUT2D eigenvalue weighted by Crippen LogP contribution is -2.29. The number of aryl methyl sites for hydroxylation is 1. The van der Waals surface area contributed by atoms with E-state index in [0.717, 1.165) is 24.2 Å². The zero-order valence-corrected chi connectivity index (χ0v) is 17.9. The fraction of sp³-hybridized carbons (Fsp3) is 0.250. The number of hydrogen-bond acceptors (Lipinski definition) is 2. The topological polar surface area (TPSA) is 34.0 Å². The number of aromatic nitrogens is 1. The molecule has 154 valence electrons. The van der Waals surface area contributed by atoms with Crippen molar-refractivity contribution in [3.05, 3.63) is 89.5 Å². The normalized spacial score (nSPS) is 21.8. The van der Waals surface area contributed by atoms with Crippen LogP contribution in [0.15, 0.2) is 72.8 Å². The number of nitrogens with zero attached hydrogens (tertiary/aromatic N) is 1. The molecular formula is C28H26N2O. The van der Waals surface area contributed by atoms with Crippen molar-refractivity contribution >= 4 is 33.3 Å². The summed E-state index contributed by atoms with van der Waals surface area (Å²) in [7, 11) is 0. The van der Waals surface area contributed by atoms with Gasteiger partial charge in [0.05, 0.1) is 6.04 Å². The highest BCUT2D eigenvalue weighted by atomic mass is 16.1. The minimum absolute atomic E-state index is 0.126. The maximum absolute atomic E-state index is 11.9. The predicted octanol–water partition coefficient (Wildman–Crippen LogP) is 6.84. The second-order valence-electron chi connectivity index (χ2n) is 8.87. The number of anilines is 1. The largest absolute Gasteiger partial charge is 0.378 e. The van der Waals surface area contributed by atoms with Crippen LogP contribution in [-0.2, 0) is 6.54 Å². The highest BCUT2D eigenvalue weighted by Crippen LogP contribution is 2.50. The van der Waals surface area contributed by atoms with Crippen LogP contribution in [0, 0.1) is 5.92 Å². The van der Waals surface area contributed by atoms with E-state index in [2.05, 4.69) is 83.6 Å². The Hall–Kier alpha value is -3.33. The van der Waals surface area contributed by atoms with Gasteiger partial charge in [-0.3, -0.25) is 4.79 Å². The molecule has 3 unspecified atom stereocenters. The minimum atomic E-state index is 0.126. The Morgan fingerprint density at radius 1 is 1.03 bits per heavy atom. The van der Waals surface area contributed by atoms with Gasteiger partial charge in [-0.2, -0.15) is 0 Å². The molecular weight excluding hydrogens is 380 g/mol. The summed E-state index contributed by atoms with van der Waals surface area (Å²) in [5, 5.41) is 6.48. The Morgan fingerprint density at radius 2 is 1.87 bits per heavy atom.